The van der Waals surface area contributed by atoms with Crippen LogP contribution in [0.15, 0.2) is 66.3 Å². The van der Waals surface area contributed by atoms with E-state index in [2.05, 4.69) is 15.4 Å². The molecule has 6 nitrogen and oxygen atoms in total. The highest BCUT2D eigenvalue weighted by Gasteiger charge is 2.24. The topological polar surface area (TPSA) is 85.8 Å². The van der Waals surface area contributed by atoms with E-state index < -0.39 is 6.04 Å². The summed E-state index contributed by atoms with van der Waals surface area (Å²) in [5.41, 5.74) is 8.07. The Labute approximate surface area is 147 Å². The van der Waals surface area contributed by atoms with E-state index in [1.807, 2.05) is 54.0 Å². The van der Waals surface area contributed by atoms with Crippen LogP contribution in [0.4, 0.5) is 10.8 Å². The number of fused-ring (bicyclic) bond motifs is 1. The molecule has 1 amide bonds. The van der Waals surface area contributed by atoms with Gasteiger partial charge in [0.05, 0.1) is 5.52 Å². The second-order valence-electron chi connectivity index (χ2n) is 5.57. The highest BCUT2D eigenvalue weighted by molar-refractivity contribution is 7.13. The quantitative estimate of drug-likeness (QED) is 0.554. The number of thiazole rings is 1. The van der Waals surface area contributed by atoms with Crippen LogP contribution in [0.25, 0.3) is 10.9 Å². The summed E-state index contributed by atoms with van der Waals surface area (Å²) < 4.78 is 1.67. The van der Waals surface area contributed by atoms with Gasteiger partial charge in [-0.2, -0.15) is 5.10 Å². The van der Waals surface area contributed by atoms with Crippen LogP contribution in [0.3, 0.4) is 0 Å². The third-order valence-electron chi connectivity index (χ3n) is 3.84. The molecule has 0 aliphatic heterocycles. The minimum atomic E-state index is -0.598. The molecule has 0 aliphatic rings. The van der Waals surface area contributed by atoms with Crippen LogP contribution in [-0.4, -0.2) is 20.7 Å². The lowest BCUT2D eigenvalue weighted by Crippen LogP contribution is -2.27. The van der Waals surface area contributed by atoms with Gasteiger partial charge >= 0.3 is 0 Å². The van der Waals surface area contributed by atoms with Gasteiger partial charge < -0.3 is 5.73 Å². The van der Waals surface area contributed by atoms with E-state index in [1.54, 1.807) is 16.9 Å². The molecular formula is C18H15N5OS. The van der Waals surface area contributed by atoms with Crippen LogP contribution in [0.2, 0.25) is 0 Å². The smallest absolute Gasteiger partial charge is 0.255 e. The van der Waals surface area contributed by atoms with Crippen molar-refractivity contribution in [3.8, 4) is 0 Å². The van der Waals surface area contributed by atoms with Gasteiger partial charge in [0.25, 0.3) is 5.91 Å². The van der Waals surface area contributed by atoms with Crippen LogP contribution in [0, 0.1) is 0 Å². The summed E-state index contributed by atoms with van der Waals surface area (Å²) in [4.78, 5) is 17.0. The van der Waals surface area contributed by atoms with E-state index in [1.165, 1.54) is 11.3 Å². The van der Waals surface area contributed by atoms with E-state index in [0.29, 0.717) is 10.8 Å². The van der Waals surface area contributed by atoms with Crippen molar-refractivity contribution in [3.05, 3.63) is 71.9 Å². The van der Waals surface area contributed by atoms with Crippen molar-refractivity contribution in [2.24, 2.45) is 0 Å². The number of hydrogen-bond acceptors (Lipinski definition) is 5. The summed E-state index contributed by atoms with van der Waals surface area (Å²) >= 11 is 1.38. The van der Waals surface area contributed by atoms with Crippen LogP contribution in [-0.2, 0) is 4.79 Å². The van der Waals surface area contributed by atoms with Gasteiger partial charge in [-0.25, -0.2) is 4.98 Å². The number of nitrogen functional groups attached to an aromatic ring is 1. The number of hydrogen-bond donors (Lipinski definition) is 2. The van der Waals surface area contributed by atoms with Gasteiger partial charge in [0.1, 0.15) is 0 Å². The molecule has 25 heavy (non-hydrogen) atoms. The van der Waals surface area contributed by atoms with E-state index in [9.17, 15) is 4.79 Å². The minimum absolute atomic E-state index is 0.193. The molecule has 7 heteroatoms. The maximum atomic E-state index is 12.9. The van der Waals surface area contributed by atoms with Gasteiger partial charge in [0.2, 0.25) is 0 Å². The van der Waals surface area contributed by atoms with Crippen molar-refractivity contribution >= 4 is 39.0 Å². The highest BCUT2D eigenvalue weighted by Crippen LogP contribution is 2.24. The molecule has 0 spiro atoms. The Morgan fingerprint density at radius 2 is 2.04 bits per heavy atom. The summed E-state index contributed by atoms with van der Waals surface area (Å²) in [6.45, 7) is 0. The van der Waals surface area contributed by atoms with E-state index in [-0.39, 0.29) is 5.91 Å². The number of carbonyl (C=O) groups is 1. The monoisotopic (exact) mass is 349 g/mol. The summed E-state index contributed by atoms with van der Waals surface area (Å²) in [7, 11) is 0. The van der Waals surface area contributed by atoms with Crippen molar-refractivity contribution in [2.75, 3.05) is 11.1 Å². The lowest BCUT2D eigenvalue weighted by atomic mass is 10.1. The summed E-state index contributed by atoms with van der Waals surface area (Å²) in [6, 6.07) is 14.5. The number of rotatable bonds is 4. The number of amides is 1. The highest BCUT2D eigenvalue weighted by atomic mass is 32.1. The Balaban J connectivity index is 1.77. The molecule has 4 rings (SSSR count). The SMILES string of the molecule is Nc1ccc2cn([C@@H](C(=O)Nc3nccs3)c3ccccc3)nc2c1. The third-order valence-corrected chi connectivity index (χ3v) is 4.53. The fourth-order valence-corrected chi connectivity index (χ4v) is 3.23. The fraction of sp³-hybridized carbons (Fsp3) is 0.0556. The first-order chi connectivity index (χ1) is 12.2. The van der Waals surface area contributed by atoms with Crippen LogP contribution >= 0.6 is 11.3 Å². The normalized spacial score (nSPS) is 12.2. The third kappa shape index (κ3) is 3.09. The first kappa shape index (κ1) is 15.3. The van der Waals surface area contributed by atoms with Crippen molar-refractivity contribution in [2.45, 2.75) is 6.04 Å². The summed E-state index contributed by atoms with van der Waals surface area (Å²) in [5.74, 6) is -0.193. The Kier molecular flexibility index (Phi) is 3.91. The number of nitrogens with two attached hydrogens (primary N) is 1. The predicted molar refractivity (Wildman–Crippen MR) is 99.5 cm³/mol. The molecule has 0 saturated heterocycles. The molecule has 0 aliphatic carbocycles. The Hall–Kier alpha value is -3.19. The Morgan fingerprint density at radius 1 is 1.20 bits per heavy atom. The first-order valence-corrected chi connectivity index (χ1v) is 8.58. The zero-order valence-corrected chi connectivity index (χ0v) is 14.0. The zero-order chi connectivity index (χ0) is 17.2. The Bertz CT molecular complexity index is 1010. The number of anilines is 2. The maximum absolute atomic E-state index is 12.9. The molecule has 2 aromatic heterocycles. The molecule has 1 atom stereocenters. The average molecular weight is 349 g/mol. The van der Waals surface area contributed by atoms with Crippen molar-refractivity contribution < 1.29 is 4.79 Å². The summed E-state index contributed by atoms with van der Waals surface area (Å²) in [6.07, 6.45) is 3.51. The number of nitrogens with one attached hydrogen (secondary N) is 1. The van der Waals surface area contributed by atoms with Gasteiger partial charge in [0, 0.05) is 28.8 Å². The Morgan fingerprint density at radius 3 is 2.80 bits per heavy atom. The molecule has 2 aromatic carbocycles. The molecule has 0 bridgehead atoms. The van der Waals surface area contributed by atoms with Gasteiger partial charge in [-0.1, -0.05) is 30.3 Å². The van der Waals surface area contributed by atoms with E-state index >= 15 is 0 Å². The molecule has 0 saturated carbocycles. The van der Waals surface area contributed by atoms with Gasteiger partial charge in [0.15, 0.2) is 11.2 Å². The molecule has 0 unspecified atom stereocenters. The van der Waals surface area contributed by atoms with Gasteiger partial charge in [-0.15, -0.1) is 11.3 Å². The lowest BCUT2D eigenvalue weighted by molar-refractivity contribution is -0.118. The van der Waals surface area contributed by atoms with Crippen LogP contribution in [0.5, 0.6) is 0 Å². The first-order valence-electron chi connectivity index (χ1n) is 7.70. The van der Waals surface area contributed by atoms with Crippen molar-refractivity contribution in [3.63, 3.8) is 0 Å². The second kappa shape index (κ2) is 6.37. The van der Waals surface area contributed by atoms with E-state index in [4.69, 9.17) is 5.73 Å². The van der Waals surface area contributed by atoms with Crippen LogP contribution in [0.1, 0.15) is 11.6 Å². The number of benzene rings is 2. The lowest BCUT2D eigenvalue weighted by Gasteiger charge is -2.17. The van der Waals surface area contributed by atoms with Gasteiger partial charge in [-0.05, 0) is 23.8 Å². The van der Waals surface area contributed by atoms with E-state index in [0.717, 1.165) is 16.5 Å². The molecule has 4 aromatic rings. The van der Waals surface area contributed by atoms with Crippen LogP contribution < -0.4 is 11.1 Å². The standard InChI is InChI=1S/C18H15N5OS/c19-14-7-6-13-11-23(22-15(13)10-14)16(12-4-2-1-3-5-12)17(24)21-18-20-8-9-25-18/h1-11,16H,19H2,(H,20,21,24)/t16-/m1/s1. The zero-order valence-electron chi connectivity index (χ0n) is 13.2. The largest absolute Gasteiger partial charge is 0.399 e. The van der Waals surface area contributed by atoms with Crippen molar-refractivity contribution in [1.29, 1.82) is 0 Å². The average Bonchev–Trinajstić information content (AvgIpc) is 3.25. The van der Waals surface area contributed by atoms with Gasteiger partial charge in [-0.3, -0.25) is 14.8 Å². The fourth-order valence-electron chi connectivity index (χ4n) is 2.70. The number of aromatic nitrogens is 3. The number of nitrogens with zero attached hydrogens (tertiary/aromatic N) is 3. The molecule has 3 N–H and O–H groups in total. The minimum Gasteiger partial charge on any atom is -0.399 e. The molecular weight excluding hydrogens is 334 g/mol. The second-order valence-corrected chi connectivity index (χ2v) is 6.46. The predicted octanol–water partition coefficient (Wildman–Crippen LogP) is 3.30. The molecule has 0 fully saturated rings. The summed E-state index contributed by atoms with van der Waals surface area (Å²) in [5, 5.41) is 10.7. The maximum Gasteiger partial charge on any atom is 0.255 e. The molecule has 2 heterocycles. The molecule has 0 radical (unpaired) electrons. The van der Waals surface area contributed by atoms with Crippen molar-refractivity contribution in [1.82, 2.24) is 14.8 Å². The molecule has 124 valence electrons. The number of carbonyl (C=O) groups excluding carboxylic acids is 1.